The number of benzene rings is 1. The molecular weight excluding hydrogens is 346 g/mol. The van der Waals surface area contributed by atoms with Crippen LogP contribution in [0.2, 0.25) is 5.02 Å². The third kappa shape index (κ3) is 3.07. The summed E-state index contributed by atoms with van der Waals surface area (Å²) in [6, 6.07) is 5.79. The zero-order valence-corrected chi connectivity index (χ0v) is 14.3. The van der Waals surface area contributed by atoms with Crippen LogP contribution in [0.25, 0.3) is 0 Å². The van der Waals surface area contributed by atoms with Crippen molar-refractivity contribution in [2.24, 2.45) is 5.41 Å². The lowest BCUT2D eigenvalue weighted by atomic mass is 9.71. The first-order valence-corrected chi connectivity index (χ1v) is 8.65. The summed E-state index contributed by atoms with van der Waals surface area (Å²) in [5.41, 5.74) is 0.753. The number of anilines is 1. The zero-order chi connectivity index (χ0) is 14.1. The van der Waals surface area contributed by atoms with Crippen molar-refractivity contribution in [2.45, 2.75) is 25.8 Å². The van der Waals surface area contributed by atoms with Gasteiger partial charge >= 0.3 is 0 Å². The Morgan fingerprint density at radius 3 is 2.79 bits per heavy atom. The number of halogens is 2. The molecular formula is C14H19BrClNOS. The lowest BCUT2D eigenvalue weighted by molar-refractivity contribution is 0.110. The van der Waals surface area contributed by atoms with E-state index in [-0.39, 0.29) is 17.6 Å². The van der Waals surface area contributed by atoms with Gasteiger partial charge in [0.1, 0.15) is 0 Å². The van der Waals surface area contributed by atoms with Gasteiger partial charge in [0.05, 0.1) is 17.2 Å². The SMILES string of the molecule is CC1(C)CCSCC1(CO)Nc1ccc(Cl)c(Br)c1. The van der Waals surface area contributed by atoms with Crippen molar-refractivity contribution in [3.8, 4) is 0 Å². The number of thioether (sulfide) groups is 1. The maximum Gasteiger partial charge on any atom is 0.0744 e. The van der Waals surface area contributed by atoms with Crippen molar-refractivity contribution < 1.29 is 5.11 Å². The van der Waals surface area contributed by atoms with Crippen LogP contribution in [0.5, 0.6) is 0 Å². The summed E-state index contributed by atoms with van der Waals surface area (Å²) < 4.78 is 0.869. The van der Waals surface area contributed by atoms with E-state index < -0.39 is 0 Å². The quantitative estimate of drug-likeness (QED) is 0.833. The van der Waals surface area contributed by atoms with Crippen LogP contribution >= 0.6 is 39.3 Å². The van der Waals surface area contributed by atoms with Gasteiger partial charge in [-0.2, -0.15) is 11.8 Å². The molecule has 1 atom stereocenters. The Hall–Kier alpha value is 0.1000. The summed E-state index contributed by atoms with van der Waals surface area (Å²) in [6.45, 7) is 4.58. The van der Waals surface area contributed by atoms with E-state index in [9.17, 15) is 5.11 Å². The first-order valence-electron chi connectivity index (χ1n) is 6.32. The molecule has 0 spiro atoms. The van der Waals surface area contributed by atoms with Gasteiger partial charge in [0, 0.05) is 15.9 Å². The van der Waals surface area contributed by atoms with Gasteiger partial charge < -0.3 is 10.4 Å². The average molecular weight is 365 g/mol. The molecule has 2 nitrogen and oxygen atoms in total. The van der Waals surface area contributed by atoms with Crippen molar-refractivity contribution in [2.75, 3.05) is 23.4 Å². The fraction of sp³-hybridized carbons (Fsp3) is 0.571. The molecule has 1 unspecified atom stereocenters. The lowest BCUT2D eigenvalue weighted by Crippen LogP contribution is -2.58. The molecule has 0 bridgehead atoms. The molecule has 1 fully saturated rings. The van der Waals surface area contributed by atoms with Crippen LogP contribution in [-0.2, 0) is 0 Å². The zero-order valence-electron chi connectivity index (χ0n) is 11.2. The minimum Gasteiger partial charge on any atom is -0.394 e. The fourth-order valence-corrected chi connectivity index (χ4v) is 4.56. The molecule has 2 rings (SSSR count). The second-order valence-corrected chi connectivity index (χ2v) is 8.05. The highest BCUT2D eigenvalue weighted by Crippen LogP contribution is 2.44. The van der Waals surface area contributed by atoms with Crippen LogP contribution in [0, 0.1) is 5.41 Å². The maximum atomic E-state index is 9.95. The molecule has 1 aliphatic heterocycles. The summed E-state index contributed by atoms with van der Waals surface area (Å²) in [7, 11) is 0. The smallest absolute Gasteiger partial charge is 0.0744 e. The van der Waals surface area contributed by atoms with E-state index in [1.54, 1.807) is 0 Å². The number of aliphatic hydroxyl groups is 1. The van der Waals surface area contributed by atoms with E-state index in [1.165, 1.54) is 0 Å². The summed E-state index contributed by atoms with van der Waals surface area (Å²) in [5, 5.41) is 14.2. The van der Waals surface area contributed by atoms with Crippen molar-refractivity contribution in [1.29, 1.82) is 0 Å². The van der Waals surface area contributed by atoms with Crippen LogP contribution in [0.4, 0.5) is 5.69 Å². The Morgan fingerprint density at radius 1 is 1.47 bits per heavy atom. The van der Waals surface area contributed by atoms with E-state index in [0.717, 1.165) is 28.1 Å². The Bertz CT molecular complexity index is 469. The average Bonchev–Trinajstić information content (AvgIpc) is 2.36. The summed E-state index contributed by atoms with van der Waals surface area (Å²) >= 11 is 11.4. The minimum absolute atomic E-state index is 0.0547. The van der Waals surface area contributed by atoms with E-state index in [2.05, 4.69) is 35.1 Å². The molecule has 1 aliphatic rings. The van der Waals surface area contributed by atoms with Crippen molar-refractivity contribution in [3.63, 3.8) is 0 Å². The molecule has 0 saturated carbocycles. The third-order valence-electron chi connectivity index (χ3n) is 4.09. The van der Waals surface area contributed by atoms with Gasteiger partial charge in [-0.05, 0) is 51.7 Å². The van der Waals surface area contributed by atoms with Gasteiger partial charge in [0.2, 0.25) is 0 Å². The maximum absolute atomic E-state index is 9.95. The predicted molar refractivity (Wildman–Crippen MR) is 88.3 cm³/mol. The molecule has 106 valence electrons. The predicted octanol–water partition coefficient (Wildman–Crippen LogP) is 4.41. The molecule has 1 aromatic carbocycles. The first kappa shape index (κ1) is 15.5. The third-order valence-corrected chi connectivity index (χ3v) is 6.49. The van der Waals surface area contributed by atoms with Crippen LogP contribution in [0.15, 0.2) is 22.7 Å². The summed E-state index contributed by atoms with van der Waals surface area (Å²) in [6.07, 6.45) is 1.10. The topological polar surface area (TPSA) is 32.3 Å². The molecule has 1 saturated heterocycles. The van der Waals surface area contributed by atoms with Crippen LogP contribution in [0.1, 0.15) is 20.3 Å². The molecule has 0 aromatic heterocycles. The van der Waals surface area contributed by atoms with Crippen LogP contribution in [0.3, 0.4) is 0 Å². The number of aliphatic hydroxyl groups excluding tert-OH is 1. The van der Waals surface area contributed by atoms with Gasteiger partial charge in [-0.25, -0.2) is 0 Å². The van der Waals surface area contributed by atoms with E-state index >= 15 is 0 Å². The Kier molecular flexibility index (Phi) is 4.76. The molecule has 5 heteroatoms. The lowest BCUT2D eigenvalue weighted by Gasteiger charge is -2.50. The van der Waals surface area contributed by atoms with Crippen LogP contribution < -0.4 is 5.32 Å². The molecule has 19 heavy (non-hydrogen) atoms. The molecule has 1 heterocycles. The molecule has 1 aromatic rings. The second-order valence-electron chi connectivity index (χ2n) is 5.68. The number of rotatable bonds is 3. The Labute approximate surface area is 132 Å². The standard InChI is InChI=1S/C14H19BrClNOS/c1-13(2)5-6-19-9-14(13,8-18)17-10-3-4-12(16)11(15)7-10/h3-4,7,17-18H,5-6,8-9H2,1-2H3. The molecule has 0 radical (unpaired) electrons. The monoisotopic (exact) mass is 363 g/mol. The number of hydrogen-bond donors (Lipinski definition) is 2. The van der Waals surface area contributed by atoms with Gasteiger partial charge in [-0.1, -0.05) is 25.4 Å². The highest BCUT2D eigenvalue weighted by atomic mass is 79.9. The Balaban J connectivity index is 2.29. The summed E-state index contributed by atoms with van der Waals surface area (Å²) in [5.74, 6) is 2.07. The highest BCUT2D eigenvalue weighted by molar-refractivity contribution is 9.10. The minimum atomic E-state index is -0.289. The van der Waals surface area contributed by atoms with Gasteiger partial charge in [0.15, 0.2) is 0 Å². The normalized spacial score (nSPS) is 26.2. The van der Waals surface area contributed by atoms with Crippen molar-refractivity contribution >= 4 is 45.0 Å². The van der Waals surface area contributed by atoms with Gasteiger partial charge in [-0.15, -0.1) is 0 Å². The largest absolute Gasteiger partial charge is 0.394 e. The van der Waals surface area contributed by atoms with Crippen molar-refractivity contribution in [3.05, 3.63) is 27.7 Å². The molecule has 0 aliphatic carbocycles. The number of nitrogens with one attached hydrogen (secondary N) is 1. The van der Waals surface area contributed by atoms with Crippen molar-refractivity contribution in [1.82, 2.24) is 0 Å². The Morgan fingerprint density at radius 2 is 2.21 bits per heavy atom. The van der Waals surface area contributed by atoms with Crippen LogP contribution in [-0.4, -0.2) is 28.8 Å². The van der Waals surface area contributed by atoms with Gasteiger partial charge in [-0.3, -0.25) is 0 Å². The van der Waals surface area contributed by atoms with E-state index in [1.807, 2.05) is 30.0 Å². The molecule has 0 amide bonds. The van der Waals surface area contributed by atoms with E-state index in [4.69, 9.17) is 11.6 Å². The van der Waals surface area contributed by atoms with E-state index in [0.29, 0.717) is 5.02 Å². The highest BCUT2D eigenvalue weighted by Gasteiger charge is 2.46. The molecule has 2 N–H and O–H groups in total. The fourth-order valence-electron chi connectivity index (χ4n) is 2.36. The van der Waals surface area contributed by atoms with Gasteiger partial charge in [0.25, 0.3) is 0 Å². The summed E-state index contributed by atoms with van der Waals surface area (Å²) in [4.78, 5) is 0. The second kappa shape index (κ2) is 5.84. The number of hydrogen-bond acceptors (Lipinski definition) is 3. The first-order chi connectivity index (χ1) is 8.90.